The summed E-state index contributed by atoms with van der Waals surface area (Å²) in [6.07, 6.45) is -2.65. The number of thiophene rings is 1. The van der Waals surface area contributed by atoms with Crippen LogP contribution in [0.15, 0.2) is 18.2 Å². The van der Waals surface area contributed by atoms with Gasteiger partial charge in [0.05, 0.1) is 9.75 Å². The quantitative estimate of drug-likeness (QED) is 0.847. The summed E-state index contributed by atoms with van der Waals surface area (Å²) in [4.78, 5) is 26.1. The van der Waals surface area contributed by atoms with Gasteiger partial charge in [-0.25, -0.2) is 4.79 Å². The Bertz CT molecular complexity index is 859. The first-order valence-corrected chi connectivity index (χ1v) is 9.33. The highest BCUT2D eigenvalue weighted by Crippen LogP contribution is 2.35. The Morgan fingerprint density at radius 3 is 2.67 bits per heavy atom. The smallest absolute Gasteiger partial charge is 0.433 e. The number of aliphatic carboxylic acids is 1. The highest BCUT2D eigenvalue weighted by atomic mass is 32.1. The van der Waals surface area contributed by atoms with Crippen LogP contribution in [-0.2, 0) is 17.5 Å². The maximum atomic E-state index is 13.1. The van der Waals surface area contributed by atoms with Gasteiger partial charge in [0, 0.05) is 13.1 Å². The Hall–Kier alpha value is -2.36. The van der Waals surface area contributed by atoms with Crippen molar-refractivity contribution in [2.75, 3.05) is 6.54 Å². The molecule has 1 fully saturated rings. The molecular formula is C17H18F3N3O3S. The Kier molecular flexibility index (Phi) is 5.27. The molecular weight excluding hydrogens is 383 g/mol. The lowest BCUT2D eigenvalue weighted by Crippen LogP contribution is -2.47. The van der Waals surface area contributed by atoms with E-state index in [1.54, 1.807) is 13.0 Å². The number of alkyl halides is 3. The fraction of sp³-hybridized carbons (Fsp3) is 0.471. The van der Waals surface area contributed by atoms with E-state index in [4.69, 9.17) is 0 Å². The zero-order valence-corrected chi connectivity index (χ0v) is 15.3. The van der Waals surface area contributed by atoms with Crippen molar-refractivity contribution in [3.05, 3.63) is 28.8 Å². The summed E-state index contributed by atoms with van der Waals surface area (Å²) in [5.41, 5.74) is -0.704. The van der Waals surface area contributed by atoms with Crippen LogP contribution in [0.25, 0.3) is 10.6 Å². The molecule has 0 spiro atoms. The molecule has 6 nitrogen and oxygen atoms in total. The van der Waals surface area contributed by atoms with E-state index >= 15 is 0 Å². The molecule has 2 aromatic heterocycles. The van der Waals surface area contributed by atoms with Crippen molar-refractivity contribution in [3.63, 3.8) is 0 Å². The fourth-order valence-corrected chi connectivity index (χ4v) is 4.09. The number of likely N-dealkylation sites (tertiary alicyclic amines) is 1. The highest BCUT2D eigenvalue weighted by molar-refractivity contribution is 7.17. The van der Waals surface area contributed by atoms with Crippen molar-refractivity contribution in [1.29, 1.82) is 0 Å². The normalized spacial score (nSPS) is 17.9. The van der Waals surface area contributed by atoms with E-state index < -0.39 is 29.8 Å². The van der Waals surface area contributed by atoms with Crippen LogP contribution in [0.1, 0.15) is 41.6 Å². The van der Waals surface area contributed by atoms with Crippen LogP contribution in [0.3, 0.4) is 0 Å². The number of hydrogen-bond donors (Lipinski definition) is 1. The average Bonchev–Trinajstić information content (AvgIpc) is 3.27. The molecule has 0 radical (unpaired) electrons. The zero-order chi connectivity index (χ0) is 19.8. The molecule has 1 saturated heterocycles. The molecule has 0 bridgehead atoms. The molecule has 0 saturated carbocycles. The van der Waals surface area contributed by atoms with Gasteiger partial charge in [-0.3, -0.25) is 9.48 Å². The number of carbonyl (C=O) groups is 2. The molecule has 3 heterocycles. The molecule has 0 aliphatic carbocycles. The minimum atomic E-state index is -4.51. The van der Waals surface area contributed by atoms with Gasteiger partial charge in [0.15, 0.2) is 0 Å². The van der Waals surface area contributed by atoms with E-state index in [0.717, 1.165) is 34.9 Å². The Morgan fingerprint density at radius 2 is 2.07 bits per heavy atom. The largest absolute Gasteiger partial charge is 0.480 e. The van der Waals surface area contributed by atoms with Gasteiger partial charge in [0.25, 0.3) is 5.91 Å². The summed E-state index contributed by atoms with van der Waals surface area (Å²) in [6, 6.07) is 3.14. The van der Waals surface area contributed by atoms with Crippen molar-refractivity contribution >= 4 is 23.2 Å². The van der Waals surface area contributed by atoms with E-state index in [1.807, 2.05) is 0 Å². The predicted molar refractivity (Wildman–Crippen MR) is 92.5 cm³/mol. The van der Waals surface area contributed by atoms with Crippen LogP contribution in [0.4, 0.5) is 13.2 Å². The van der Waals surface area contributed by atoms with E-state index in [0.29, 0.717) is 17.8 Å². The number of aryl methyl sites for hydroxylation is 1. The van der Waals surface area contributed by atoms with E-state index in [2.05, 4.69) is 5.10 Å². The number of aromatic nitrogens is 2. The van der Waals surface area contributed by atoms with Crippen molar-refractivity contribution in [2.45, 2.75) is 44.9 Å². The van der Waals surface area contributed by atoms with Crippen molar-refractivity contribution in [3.8, 4) is 10.6 Å². The van der Waals surface area contributed by atoms with Crippen LogP contribution >= 0.6 is 11.3 Å². The minimum absolute atomic E-state index is 0.0695. The lowest BCUT2D eigenvalue weighted by Gasteiger charge is -2.32. The van der Waals surface area contributed by atoms with Gasteiger partial charge in [0.2, 0.25) is 0 Å². The van der Waals surface area contributed by atoms with E-state index in [1.165, 1.54) is 11.0 Å². The van der Waals surface area contributed by atoms with Gasteiger partial charge < -0.3 is 10.0 Å². The molecule has 2 aromatic rings. The van der Waals surface area contributed by atoms with Crippen LogP contribution in [0.5, 0.6) is 0 Å². The maximum absolute atomic E-state index is 13.1. The summed E-state index contributed by atoms with van der Waals surface area (Å²) in [6.45, 7) is 1.99. The molecule has 1 atom stereocenters. The highest BCUT2D eigenvalue weighted by Gasteiger charge is 2.36. The fourth-order valence-electron chi connectivity index (χ4n) is 3.17. The topological polar surface area (TPSA) is 75.4 Å². The molecule has 3 rings (SSSR count). The molecule has 1 unspecified atom stereocenters. The summed E-state index contributed by atoms with van der Waals surface area (Å²) in [5, 5.41) is 13.3. The lowest BCUT2D eigenvalue weighted by atomic mass is 10.0. The number of carbonyl (C=O) groups excluding carboxylic acids is 1. The molecule has 1 aliphatic rings. The Morgan fingerprint density at radius 1 is 1.33 bits per heavy atom. The second-order valence-corrected chi connectivity index (χ2v) is 7.32. The van der Waals surface area contributed by atoms with Crippen molar-refractivity contribution < 1.29 is 27.9 Å². The first-order chi connectivity index (χ1) is 12.7. The molecule has 1 N–H and O–H groups in total. The second-order valence-electron chi connectivity index (χ2n) is 6.24. The van der Waals surface area contributed by atoms with E-state index in [9.17, 15) is 27.9 Å². The second kappa shape index (κ2) is 7.34. The van der Waals surface area contributed by atoms with Crippen LogP contribution in [0, 0.1) is 0 Å². The maximum Gasteiger partial charge on any atom is 0.433 e. The standard InChI is InChI=1S/C17H18F3N3O3S/c1-2-23-14(17(18,19)20)9-10(21-23)12-6-7-13(27-12)15(24)22-8-4-3-5-11(22)16(25)26/h6-7,9,11H,2-5,8H2,1H3,(H,25,26). The summed E-state index contributed by atoms with van der Waals surface area (Å²) >= 11 is 1.02. The summed E-state index contributed by atoms with van der Waals surface area (Å²) in [7, 11) is 0. The molecule has 1 aliphatic heterocycles. The molecule has 1 amide bonds. The SMILES string of the molecule is CCn1nc(-c2ccc(C(=O)N3CCCCC3C(=O)O)s2)cc1C(F)(F)F. The first kappa shape index (κ1) is 19.4. The number of hydrogen-bond acceptors (Lipinski definition) is 4. The lowest BCUT2D eigenvalue weighted by molar-refractivity contribution is -0.144. The predicted octanol–water partition coefficient (Wildman–Crippen LogP) is 3.73. The van der Waals surface area contributed by atoms with Gasteiger partial charge in [-0.1, -0.05) is 0 Å². The molecule has 10 heteroatoms. The monoisotopic (exact) mass is 401 g/mol. The molecule has 146 valence electrons. The molecule has 0 aromatic carbocycles. The minimum Gasteiger partial charge on any atom is -0.480 e. The van der Waals surface area contributed by atoms with Crippen molar-refractivity contribution in [2.24, 2.45) is 0 Å². The number of carboxylic acids is 1. The summed E-state index contributed by atoms with van der Waals surface area (Å²) < 4.78 is 40.1. The van der Waals surface area contributed by atoms with Crippen LogP contribution < -0.4 is 0 Å². The number of piperidine rings is 1. The van der Waals surface area contributed by atoms with Gasteiger partial charge in [0.1, 0.15) is 17.4 Å². The third kappa shape index (κ3) is 3.85. The van der Waals surface area contributed by atoms with Gasteiger partial charge >= 0.3 is 12.1 Å². The number of amides is 1. The first-order valence-electron chi connectivity index (χ1n) is 8.51. The van der Waals surface area contributed by atoms with Crippen LogP contribution in [-0.4, -0.2) is 44.3 Å². The third-order valence-corrected chi connectivity index (χ3v) is 5.58. The number of rotatable bonds is 4. The van der Waals surface area contributed by atoms with Crippen LogP contribution in [0.2, 0.25) is 0 Å². The van der Waals surface area contributed by atoms with Gasteiger partial charge in [-0.05, 0) is 44.4 Å². The summed E-state index contributed by atoms with van der Waals surface area (Å²) in [5.74, 6) is -1.46. The van der Waals surface area contributed by atoms with Crippen molar-refractivity contribution in [1.82, 2.24) is 14.7 Å². The zero-order valence-electron chi connectivity index (χ0n) is 14.5. The third-order valence-electron chi connectivity index (χ3n) is 4.49. The average molecular weight is 401 g/mol. The molecule has 27 heavy (non-hydrogen) atoms. The number of nitrogens with zero attached hydrogens (tertiary/aromatic N) is 3. The Labute approximate surface area is 157 Å². The van der Waals surface area contributed by atoms with Gasteiger partial charge in [-0.2, -0.15) is 18.3 Å². The Balaban J connectivity index is 1.87. The van der Waals surface area contributed by atoms with Gasteiger partial charge in [-0.15, -0.1) is 11.3 Å². The van der Waals surface area contributed by atoms with E-state index in [-0.39, 0.29) is 17.1 Å². The number of carboxylic acid groups (broad SMARTS) is 1. The number of halogens is 3.